The SMILES string of the molecule is CCC(C)(C)NCc1ccccc1OCc1ccccc1. The Balaban J connectivity index is 2.00. The van der Waals surface area contributed by atoms with Crippen LogP contribution in [0.4, 0.5) is 0 Å². The molecule has 2 rings (SSSR count). The second kappa shape index (κ2) is 7.28. The molecule has 0 amide bonds. The average Bonchev–Trinajstić information content (AvgIpc) is 2.53. The maximum absolute atomic E-state index is 5.98. The fourth-order valence-corrected chi connectivity index (χ4v) is 1.99. The van der Waals surface area contributed by atoms with Crippen molar-refractivity contribution in [1.82, 2.24) is 5.32 Å². The first kappa shape index (κ1) is 15.6. The molecule has 2 nitrogen and oxygen atoms in total. The van der Waals surface area contributed by atoms with Gasteiger partial charge in [0.25, 0.3) is 0 Å². The lowest BCUT2D eigenvalue weighted by Crippen LogP contribution is -2.37. The molecular weight excluding hydrogens is 258 g/mol. The molecule has 2 heteroatoms. The molecule has 112 valence electrons. The van der Waals surface area contributed by atoms with Crippen molar-refractivity contribution in [1.29, 1.82) is 0 Å². The summed E-state index contributed by atoms with van der Waals surface area (Å²) < 4.78 is 5.98. The van der Waals surface area contributed by atoms with Gasteiger partial charge >= 0.3 is 0 Å². The highest BCUT2D eigenvalue weighted by atomic mass is 16.5. The molecule has 0 heterocycles. The van der Waals surface area contributed by atoms with E-state index in [-0.39, 0.29) is 5.54 Å². The van der Waals surface area contributed by atoms with Crippen LogP contribution in [-0.2, 0) is 13.2 Å². The number of nitrogens with one attached hydrogen (secondary N) is 1. The molecule has 0 aromatic heterocycles. The van der Waals surface area contributed by atoms with Crippen molar-refractivity contribution in [3.8, 4) is 5.75 Å². The van der Waals surface area contributed by atoms with E-state index in [1.165, 1.54) is 11.1 Å². The molecule has 0 aliphatic carbocycles. The zero-order chi connectivity index (χ0) is 15.1. The summed E-state index contributed by atoms with van der Waals surface area (Å²) in [7, 11) is 0. The summed E-state index contributed by atoms with van der Waals surface area (Å²) in [5.41, 5.74) is 2.54. The average molecular weight is 283 g/mol. The molecule has 0 aliphatic rings. The molecule has 0 saturated heterocycles. The highest BCUT2D eigenvalue weighted by molar-refractivity contribution is 5.33. The minimum Gasteiger partial charge on any atom is -0.489 e. The van der Waals surface area contributed by atoms with Crippen LogP contribution in [0.25, 0.3) is 0 Å². The summed E-state index contributed by atoms with van der Waals surface area (Å²) in [6, 6.07) is 18.5. The Labute approximate surface area is 128 Å². The number of para-hydroxylation sites is 1. The monoisotopic (exact) mass is 283 g/mol. The molecule has 0 aliphatic heterocycles. The minimum atomic E-state index is 0.145. The Morgan fingerprint density at radius 3 is 2.33 bits per heavy atom. The topological polar surface area (TPSA) is 21.3 Å². The van der Waals surface area contributed by atoms with Gasteiger partial charge in [0.2, 0.25) is 0 Å². The first-order valence-electron chi connectivity index (χ1n) is 7.60. The molecule has 1 N–H and O–H groups in total. The van der Waals surface area contributed by atoms with Crippen LogP contribution in [-0.4, -0.2) is 5.54 Å². The van der Waals surface area contributed by atoms with Gasteiger partial charge in [-0.15, -0.1) is 0 Å². The third-order valence-corrected chi connectivity index (χ3v) is 3.85. The molecule has 0 bridgehead atoms. The van der Waals surface area contributed by atoms with Gasteiger partial charge in [-0.2, -0.15) is 0 Å². The van der Waals surface area contributed by atoms with Crippen molar-refractivity contribution < 1.29 is 4.74 Å². The van der Waals surface area contributed by atoms with Gasteiger partial charge in [0.05, 0.1) is 0 Å². The van der Waals surface area contributed by atoms with Crippen LogP contribution in [0.2, 0.25) is 0 Å². The van der Waals surface area contributed by atoms with Gasteiger partial charge in [-0.05, 0) is 31.9 Å². The Bertz CT molecular complexity index is 549. The molecule has 0 atom stereocenters. The number of rotatable bonds is 7. The minimum absolute atomic E-state index is 0.145. The van der Waals surface area contributed by atoms with E-state index in [2.05, 4.69) is 50.4 Å². The van der Waals surface area contributed by atoms with E-state index in [1.807, 2.05) is 30.3 Å². The molecule has 0 spiro atoms. The molecule has 2 aromatic carbocycles. The molecule has 0 fully saturated rings. The molecule has 0 radical (unpaired) electrons. The maximum Gasteiger partial charge on any atom is 0.124 e. The van der Waals surface area contributed by atoms with E-state index in [9.17, 15) is 0 Å². The predicted molar refractivity (Wildman–Crippen MR) is 88.4 cm³/mol. The summed E-state index contributed by atoms with van der Waals surface area (Å²) >= 11 is 0. The fourth-order valence-electron chi connectivity index (χ4n) is 1.99. The van der Waals surface area contributed by atoms with Crippen molar-refractivity contribution in [3.63, 3.8) is 0 Å². The highest BCUT2D eigenvalue weighted by Crippen LogP contribution is 2.20. The predicted octanol–water partition coefficient (Wildman–Crippen LogP) is 4.54. The van der Waals surface area contributed by atoms with Crippen molar-refractivity contribution >= 4 is 0 Å². The summed E-state index contributed by atoms with van der Waals surface area (Å²) in [5.74, 6) is 0.959. The summed E-state index contributed by atoms with van der Waals surface area (Å²) in [5, 5.41) is 3.58. The van der Waals surface area contributed by atoms with Crippen LogP contribution in [0.3, 0.4) is 0 Å². The van der Waals surface area contributed by atoms with E-state index in [0.29, 0.717) is 6.61 Å². The Hall–Kier alpha value is -1.80. The summed E-state index contributed by atoms with van der Waals surface area (Å²) in [4.78, 5) is 0. The standard InChI is InChI=1S/C19H25NO/c1-4-19(2,3)20-14-17-12-8-9-13-18(17)21-15-16-10-6-5-7-11-16/h5-13,20H,4,14-15H2,1-3H3. The first-order chi connectivity index (χ1) is 10.1. The van der Waals surface area contributed by atoms with Crippen LogP contribution in [0, 0.1) is 0 Å². The van der Waals surface area contributed by atoms with Gasteiger partial charge in [0.15, 0.2) is 0 Å². The third kappa shape index (κ3) is 4.91. The van der Waals surface area contributed by atoms with Crippen molar-refractivity contribution in [2.75, 3.05) is 0 Å². The molecule has 2 aromatic rings. The van der Waals surface area contributed by atoms with E-state index in [4.69, 9.17) is 4.74 Å². The van der Waals surface area contributed by atoms with Crippen LogP contribution in [0.1, 0.15) is 38.3 Å². The van der Waals surface area contributed by atoms with Crippen molar-refractivity contribution in [2.24, 2.45) is 0 Å². The normalized spacial score (nSPS) is 11.4. The molecule has 0 saturated carbocycles. The van der Waals surface area contributed by atoms with Crippen LogP contribution < -0.4 is 10.1 Å². The van der Waals surface area contributed by atoms with Crippen LogP contribution in [0.15, 0.2) is 54.6 Å². The zero-order valence-electron chi connectivity index (χ0n) is 13.2. The van der Waals surface area contributed by atoms with Gasteiger partial charge in [-0.3, -0.25) is 0 Å². The van der Waals surface area contributed by atoms with Gasteiger partial charge in [-0.25, -0.2) is 0 Å². The Morgan fingerprint density at radius 2 is 1.62 bits per heavy atom. The van der Waals surface area contributed by atoms with Crippen LogP contribution in [0.5, 0.6) is 5.75 Å². The quantitative estimate of drug-likeness (QED) is 0.805. The number of hydrogen-bond donors (Lipinski definition) is 1. The summed E-state index contributed by atoms with van der Waals surface area (Å²) in [6.07, 6.45) is 1.10. The van der Waals surface area contributed by atoms with E-state index < -0.39 is 0 Å². The van der Waals surface area contributed by atoms with Crippen molar-refractivity contribution in [3.05, 3.63) is 65.7 Å². The maximum atomic E-state index is 5.98. The van der Waals surface area contributed by atoms with Gasteiger partial charge in [0.1, 0.15) is 12.4 Å². The number of benzene rings is 2. The third-order valence-electron chi connectivity index (χ3n) is 3.85. The first-order valence-corrected chi connectivity index (χ1v) is 7.60. The smallest absolute Gasteiger partial charge is 0.124 e. The number of hydrogen-bond acceptors (Lipinski definition) is 2. The lowest BCUT2D eigenvalue weighted by molar-refractivity contribution is 0.298. The van der Waals surface area contributed by atoms with Gasteiger partial charge < -0.3 is 10.1 Å². The second-order valence-electron chi connectivity index (χ2n) is 5.97. The molecule has 21 heavy (non-hydrogen) atoms. The fraction of sp³-hybridized carbons (Fsp3) is 0.368. The highest BCUT2D eigenvalue weighted by Gasteiger charge is 2.14. The molecular formula is C19H25NO. The second-order valence-corrected chi connectivity index (χ2v) is 5.97. The number of ether oxygens (including phenoxy) is 1. The summed E-state index contributed by atoms with van der Waals surface area (Å²) in [6.45, 7) is 8.08. The lowest BCUT2D eigenvalue weighted by Gasteiger charge is -2.25. The van der Waals surface area contributed by atoms with Crippen LogP contribution >= 0.6 is 0 Å². The zero-order valence-corrected chi connectivity index (χ0v) is 13.2. The lowest BCUT2D eigenvalue weighted by atomic mass is 10.0. The van der Waals surface area contributed by atoms with E-state index in [1.54, 1.807) is 0 Å². The van der Waals surface area contributed by atoms with Gasteiger partial charge in [-0.1, -0.05) is 55.5 Å². The van der Waals surface area contributed by atoms with Crippen molar-refractivity contribution in [2.45, 2.75) is 45.9 Å². The Kier molecular flexibility index (Phi) is 5.40. The Morgan fingerprint density at radius 1 is 0.952 bits per heavy atom. The van der Waals surface area contributed by atoms with E-state index >= 15 is 0 Å². The largest absolute Gasteiger partial charge is 0.489 e. The molecule has 0 unspecified atom stereocenters. The van der Waals surface area contributed by atoms with Gasteiger partial charge in [0, 0.05) is 17.6 Å². The van der Waals surface area contributed by atoms with E-state index in [0.717, 1.165) is 18.7 Å².